The van der Waals surface area contributed by atoms with Crippen LogP contribution in [0.4, 0.5) is 22.0 Å². The number of sulfonamides is 1. The van der Waals surface area contributed by atoms with E-state index < -0.39 is 57.9 Å². The van der Waals surface area contributed by atoms with Gasteiger partial charge in [0.15, 0.2) is 0 Å². The van der Waals surface area contributed by atoms with Gasteiger partial charge >= 0.3 is 12.1 Å². The number of unbranched alkanes of at least 4 members (excludes halogenated alkanes) is 1. The monoisotopic (exact) mass is 721 g/mol. The third-order valence-corrected chi connectivity index (χ3v) is 8.45. The Balaban J connectivity index is 0.00000154. The lowest BCUT2D eigenvalue weighted by Crippen LogP contribution is -2.54. The number of rotatable bonds is 20. The maximum Gasteiger partial charge on any atom is 0.490 e. The van der Waals surface area contributed by atoms with E-state index in [9.17, 15) is 40.3 Å². The first-order chi connectivity index (χ1) is 23.0. The molecule has 1 amide bonds. The number of hydrogen-bond donors (Lipinski definition) is 5. The fraction of sp³-hybridized carbons (Fsp3) is 0.455. The highest BCUT2D eigenvalue weighted by Gasteiger charge is 2.38. The van der Waals surface area contributed by atoms with Crippen LogP contribution < -0.4 is 20.1 Å². The molecule has 2 rings (SSSR count). The van der Waals surface area contributed by atoms with Gasteiger partial charge in [0, 0.05) is 19.2 Å². The molecule has 0 aliphatic rings. The van der Waals surface area contributed by atoms with Gasteiger partial charge in [0.2, 0.25) is 15.9 Å². The molecule has 0 saturated carbocycles. The normalized spacial score (nSPS) is 13.3. The van der Waals surface area contributed by atoms with E-state index in [-0.39, 0.29) is 30.7 Å². The van der Waals surface area contributed by atoms with Gasteiger partial charge in [-0.05, 0) is 79.5 Å². The number of aliphatic hydroxyl groups excluding tert-OH is 1. The van der Waals surface area contributed by atoms with E-state index in [0.717, 1.165) is 48.6 Å². The van der Waals surface area contributed by atoms with E-state index >= 15 is 0 Å². The highest BCUT2D eigenvalue weighted by atomic mass is 32.2. The van der Waals surface area contributed by atoms with Gasteiger partial charge in [0.25, 0.3) is 0 Å². The summed E-state index contributed by atoms with van der Waals surface area (Å²) < 4.78 is 92.0. The number of aliphatic carboxylic acids is 1. The molecule has 2 aromatic carbocycles. The van der Waals surface area contributed by atoms with E-state index in [1.165, 1.54) is 6.08 Å². The third-order valence-electron chi connectivity index (χ3n) is 6.86. The highest BCUT2D eigenvalue weighted by Crippen LogP contribution is 2.20. The molecule has 0 heterocycles. The Morgan fingerprint density at radius 2 is 1.67 bits per heavy atom. The number of carbonyl (C=O) groups is 2. The third kappa shape index (κ3) is 16.9. The second-order valence-electron chi connectivity index (χ2n) is 10.9. The lowest BCUT2D eigenvalue weighted by Gasteiger charge is -2.27. The molecule has 0 aliphatic carbocycles. The Kier molecular flexibility index (Phi) is 18.7. The van der Waals surface area contributed by atoms with Crippen LogP contribution in [-0.4, -0.2) is 74.3 Å². The number of hydrogen-bond acceptors (Lipinski definition) is 7. The van der Waals surface area contributed by atoms with Crippen molar-refractivity contribution in [2.24, 2.45) is 0 Å². The number of benzene rings is 2. The number of nitrogens with one attached hydrogen (secondary N) is 3. The highest BCUT2D eigenvalue weighted by molar-refractivity contribution is 7.89. The zero-order valence-electron chi connectivity index (χ0n) is 27.4. The SMILES string of the molecule is C=CCCCc1ccc(OC)cc1CNC[C@@H](O)[C@H](Cc1cc(F)cc(F)c1)NC(=O)[C@H](CC=C)NS(=O)(=O)CCC.O=C(O)C(F)(F)F. The van der Waals surface area contributed by atoms with Crippen molar-refractivity contribution < 1.29 is 54.9 Å². The predicted molar refractivity (Wildman–Crippen MR) is 175 cm³/mol. The minimum atomic E-state index is -5.08. The molecule has 274 valence electrons. The van der Waals surface area contributed by atoms with Crippen LogP contribution in [0.2, 0.25) is 0 Å². The van der Waals surface area contributed by atoms with Crippen LogP contribution in [0.3, 0.4) is 0 Å². The number of aliphatic hydroxyl groups is 1. The summed E-state index contributed by atoms with van der Waals surface area (Å²) in [6, 6.07) is 6.62. The summed E-state index contributed by atoms with van der Waals surface area (Å²) in [5.41, 5.74) is 2.32. The van der Waals surface area contributed by atoms with Gasteiger partial charge in [-0.2, -0.15) is 13.2 Å². The number of aryl methyl sites for hydroxylation is 1. The molecule has 10 nitrogen and oxygen atoms in total. The van der Waals surface area contributed by atoms with Gasteiger partial charge in [-0.15, -0.1) is 13.2 Å². The number of ether oxygens (including phenoxy) is 1. The summed E-state index contributed by atoms with van der Waals surface area (Å²) in [5.74, 6) is -4.49. The molecule has 0 bridgehead atoms. The average molecular weight is 722 g/mol. The summed E-state index contributed by atoms with van der Waals surface area (Å²) in [5, 5.41) is 24.2. The smallest absolute Gasteiger partial charge is 0.490 e. The van der Waals surface area contributed by atoms with E-state index in [2.05, 4.69) is 28.5 Å². The summed E-state index contributed by atoms with van der Waals surface area (Å²) in [6.45, 7) is 9.49. The Labute approximate surface area is 283 Å². The fourth-order valence-corrected chi connectivity index (χ4v) is 5.83. The number of halogens is 5. The van der Waals surface area contributed by atoms with Gasteiger partial charge in [-0.3, -0.25) is 4.79 Å². The first-order valence-corrected chi connectivity index (χ1v) is 16.9. The van der Waals surface area contributed by atoms with Crippen molar-refractivity contribution in [2.45, 2.75) is 76.4 Å². The number of methoxy groups -OCH3 is 1. The molecule has 0 spiro atoms. The fourth-order valence-electron chi connectivity index (χ4n) is 4.54. The maximum absolute atomic E-state index is 13.9. The number of allylic oxidation sites excluding steroid dienone is 1. The number of carboxylic acids is 1. The Bertz CT molecular complexity index is 1470. The van der Waals surface area contributed by atoms with Crippen LogP contribution in [0.25, 0.3) is 0 Å². The van der Waals surface area contributed by atoms with Crippen molar-refractivity contribution >= 4 is 21.9 Å². The summed E-state index contributed by atoms with van der Waals surface area (Å²) in [6.07, 6.45) is -0.0889. The molecule has 0 aliphatic heterocycles. The Morgan fingerprint density at radius 3 is 2.20 bits per heavy atom. The number of amides is 1. The Morgan fingerprint density at radius 1 is 1.04 bits per heavy atom. The zero-order valence-corrected chi connectivity index (χ0v) is 28.2. The number of carboxylic acid groups (broad SMARTS) is 1. The van der Waals surface area contributed by atoms with Crippen LogP contribution in [0.15, 0.2) is 61.7 Å². The van der Waals surface area contributed by atoms with E-state index in [1.54, 1.807) is 14.0 Å². The molecule has 0 radical (unpaired) electrons. The van der Waals surface area contributed by atoms with Crippen molar-refractivity contribution in [1.82, 2.24) is 15.4 Å². The van der Waals surface area contributed by atoms with Gasteiger partial charge < -0.3 is 25.6 Å². The van der Waals surface area contributed by atoms with Gasteiger partial charge in [-0.1, -0.05) is 25.1 Å². The molecule has 49 heavy (non-hydrogen) atoms. The lowest BCUT2D eigenvalue weighted by molar-refractivity contribution is -0.192. The van der Waals surface area contributed by atoms with E-state index in [0.29, 0.717) is 18.7 Å². The molecule has 2 aromatic rings. The van der Waals surface area contributed by atoms with Crippen molar-refractivity contribution in [1.29, 1.82) is 0 Å². The minimum absolute atomic E-state index is 0.00884. The second-order valence-corrected chi connectivity index (χ2v) is 12.8. The molecular formula is C33H44F5N3O7S. The maximum atomic E-state index is 13.9. The van der Waals surface area contributed by atoms with Crippen LogP contribution in [0.5, 0.6) is 5.75 Å². The topological polar surface area (TPSA) is 154 Å². The largest absolute Gasteiger partial charge is 0.497 e. The van der Waals surface area contributed by atoms with Crippen LogP contribution in [-0.2, 0) is 39.0 Å². The molecule has 0 fully saturated rings. The summed E-state index contributed by atoms with van der Waals surface area (Å²) in [7, 11) is -2.15. The van der Waals surface area contributed by atoms with E-state index in [4.69, 9.17) is 14.6 Å². The molecule has 3 atom stereocenters. The van der Waals surface area contributed by atoms with Crippen LogP contribution in [0.1, 0.15) is 49.3 Å². The van der Waals surface area contributed by atoms with E-state index in [1.807, 2.05) is 24.3 Å². The molecule has 5 N–H and O–H groups in total. The van der Waals surface area contributed by atoms with Crippen molar-refractivity contribution in [3.63, 3.8) is 0 Å². The van der Waals surface area contributed by atoms with Crippen LogP contribution in [0, 0.1) is 11.6 Å². The Hall–Kier alpha value is -3.86. The molecule has 0 saturated heterocycles. The van der Waals surface area contributed by atoms with Crippen LogP contribution >= 0.6 is 0 Å². The van der Waals surface area contributed by atoms with Crippen molar-refractivity contribution in [3.8, 4) is 5.75 Å². The predicted octanol–water partition coefficient (Wildman–Crippen LogP) is 4.57. The molecular weight excluding hydrogens is 677 g/mol. The van der Waals surface area contributed by atoms with Crippen molar-refractivity contribution in [2.75, 3.05) is 19.4 Å². The van der Waals surface area contributed by atoms with Gasteiger partial charge in [0.1, 0.15) is 23.4 Å². The molecule has 0 unspecified atom stereocenters. The first kappa shape index (κ1) is 43.2. The molecule has 16 heteroatoms. The summed E-state index contributed by atoms with van der Waals surface area (Å²) >= 11 is 0. The quantitative estimate of drug-likeness (QED) is 0.0758. The summed E-state index contributed by atoms with van der Waals surface area (Å²) in [4.78, 5) is 22.1. The lowest BCUT2D eigenvalue weighted by atomic mass is 9.99. The van der Waals surface area contributed by atoms with Gasteiger partial charge in [0.05, 0.1) is 25.0 Å². The second kappa shape index (κ2) is 21.3. The molecule has 0 aromatic heterocycles. The number of alkyl halides is 3. The first-order valence-electron chi connectivity index (χ1n) is 15.3. The minimum Gasteiger partial charge on any atom is -0.497 e. The number of carbonyl (C=O) groups excluding carboxylic acids is 1. The zero-order chi connectivity index (χ0) is 37.2. The van der Waals surface area contributed by atoms with Gasteiger partial charge in [-0.25, -0.2) is 26.7 Å². The average Bonchev–Trinajstić information content (AvgIpc) is 3.00. The van der Waals surface area contributed by atoms with Crippen molar-refractivity contribution in [3.05, 3.63) is 90.0 Å². The standard InChI is InChI=1S/C31H43F2N3O5S.C2HF3O2/c1-5-8-9-11-23-12-13-27(41-4)18-24(23)20-34-21-30(37)29(17-22-15-25(32)19-26(33)16-22)35-31(38)28(10-6-2)36-42(39,40)14-7-3;3-2(4,5)1(6)7/h5-6,12-13,15-16,18-19,28-30,34,36-37H,1-2,7-11,14,17,20-21H2,3-4H3,(H,35,38);(H,6,7)/t28-,29-,30+;/m0./s1.